The van der Waals surface area contributed by atoms with Crippen LogP contribution in [-0.2, 0) is 20.1 Å². The van der Waals surface area contributed by atoms with E-state index in [9.17, 15) is 0 Å². The van der Waals surface area contributed by atoms with Crippen molar-refractivity contribution in [2.24, 2.45) is 7.05 Å². The van der Waals surface area contributed by atoms with E-state index in [1.165, 1.54) is 16.8 Å². The average Bonchev–Trinajstić information content (AvgIpc) is 2.82. The first-order chi connectivity index (χ1) is 9.60. The molecule has 0 atom stereocenters. The fourth-order valence-corrected chi connectivity index (χ4v) is 2.60. The zero-order chi connectivity index (χ0) is 14.5. The molecule has 0 fully saturated rings. The molecule has 1 N–H and O–H groups in total. The lowest BCUT2D eigenvalue weighted by Gasteiger charge is -2.19. The van der Waals surface area contributed by atoms with Crippen LogP contribution in [0.4, 0.5) is 5.69 Å². The van der Waals surface area contributed by atoms with Crippen molar-refractivity contribution in [2.45, 2.75) is 20.0 Å². The summed E-state index contributed by atoms with van der Waals surface area (Å²) in [6.45, 7) is 4.84. The second-order valence-corrected chi connectivity index (χ2v) is 5.79. The van der Waals surface area contributed by atoms with Crippen LogP contribution in [0.15, 0.2) is 35.1 Å². The summed E-state index contributed by atoms with van der Waals surface area (Å²) >= 11 is 3.65. The minimum absolute atomic E-state index is 0.854. The van der Waals surface area contributed by atoms with E-state index in [1.807, 2.05) is 24.1 Å². The van der Waals surface area contributed by atoms with E-state index >= 15 is 0 Å². The normalized spacial score (nSPS) is 10.8. The molecule has 1 heterocycles. The first-order valence-electron chi connectivity index (χ1n) is 6.78. The van der Waals surface area contributed by atoms with Crippen molar-refractivity contribution >= 4 is 21.6 Å². The van der Waals surface area contributed by atoms with E-state index in [0.29, 0.717) is 0 Å². The molecule has 5 heteroatoms. The molecule has 0 aliphatic rings. The molecule has 0 amide bonds. The summed E-state index contributed by atoms with van der Waals surface area (Å²) in [6, 6.07) is 6.50. The van der Waals surface area contributed by atoms with Crippen molar-refractivity contribution in [1.29, 1.82) is 0 Å². The lowest BCUT2D eigenvalue weighted by atomic mass is 10.2. The van der Waals surface area contributed by atoms with Gasteiger partial charge in [-0.25, -0.2) is 0 Å². The average molecular weight is 337 g/mol. The van der Waals surface area contributed by atoms with Crippen LogP contribution in [0.1, 0.15) is 18.1 Å². The molecule has 0 spiro atoms. The second-order valence-electron chi connectivity index (χ2n) is 4.93. The van der Waals surface area contributed by atoms with Crippen LogP contribution in [0.2, 0.25) is 0 Å². The summed E-state index contributed by atoms with van der Waals surface area (Å²) in [6.07, 6.45) is 3.95. The number of nitrogens with one attached hydrogen (secondary N) is 1. The number of rotatable bonds is 6. The van der Waals surface area contributed by atoms with Crippen molar-refractivity contribution in [1.82, 2.24) is 15.1 Å². The largest absolute Gasteiger partial charge is 0.370 e. The molecule has 1 aromatic heterocycles. The van der Waals surface area contributed by atoms with Gasteiger partial charge in [-0.15, -0.1) is 0 Å². The molecular formula is C15H21BrN4. The quantitative estimate of drug-likeness (QED) is 0.880. The van der Waals surface area contributed by atoms with Crippen LogP contribution >= 0.6 is 15.9 Å². The number of aromatic nitrogens is 2. The van der Waals surface area contributed by atoms with E-state index in [-0.39, 0.29) is 0 Å². The summed E-state index contributed by atoms with van der Waals surface area (Å²) in [4.78, 5) is 2.22. The maximum absolute atomic E-state index is 4.20. The minimum atomic E-state index is 0.854. The molecule has 0 aliphatic heterocycles. The van der Waals surface area contributed by atoms with Crippen molar-refractivity contribution in [2.75, 3.05) is 18.5 Å². The highest BCUT2D eigenvalue weighted by Crippen LogP contribution is 2.24. The van der Waals surface area contributed by atoms with Crippen molar-refractivity contribution in [3.63, 3.8) is 0 Å². The number of nitrogens with zero attached hydrogens (tertiary/aromatic N) is 3. The van der Waals surface area contributed by atoms with Gasteiger partial charge >= 0.3 is 0 Å². The van der Waals surface area contributed by atoms with Gasteiger partial charge in [-0.2, -0.15) is 5.10 Å². The summed E-state index contributed by atoms with van der Waals surface area (Å²) in [7, 11) is 4.04. The second kappa shape index (κ2) is 6.90. The SMILES string of the molecule is CCNCc1ccc(N(C)Cc2cnn(C)c2)cc1Br. The predicted molar refractivity (Wildman–Crippen MR) is 86.8 cm³/mol. The zero-order valence-electron chi connectivity index (χ0n) is 12.2. The Hall–Kier alpha value is -1.33. The first kappa shape index (κ1) is 15.1. The van der Waals surface area contributed by atoms with E-state index in [2.05, 4.69) is 63.4 Å². The lowest BCUT2D eigenvalue weighted by Crippen LogP contribution is -2.17. The van der Waals surface area contributed by atoms with E-state index in [0.717, 1.165) is 24.1 Å². The van der Waals surface area contributed by atoms with Crippen LogP contribution < -0.4 is 10.2 Å². The topological polar surface area (TPSA) is 33.1 Å². The van der Waals surface area contributed by atoms with Crippen LogP contribution in [-0.4, -0.2) is 23.4 Å². The monoisotopic (exact) mass is 336 g/mol. The van der Waals surface area contributed by atoms with Gasteiger partial charge in [0.25, 0.3) is 0 Å². The van der Waals surface area contributed by atoms with Gasteiger partial charge in [0.2, 0.25) is 0 Å². The summed E-state index contributed by atoms with van der Waals surface area (Å²) in [5, 5.41) is 7.54. The number of hydrogen-bond donors (Lipinski definition) is 1. The Morgan fingerprint density at radius 2 is 2.20 bits per heavy atom. The maximum atomic E-state index is 4.20. The Morgan fingerprint density at radius 3 is 2.80 bits per heavy atom. The van der Waals surface area contributed by atoms with E-state index in [4.69, 9.17) is 0 Å². The molecule has 108 valence electrons. The van der Waals surface area contributed by atoms with Crippen LogP contribution in [0.3, 0.4) is 0 Å². The molecule has 0 saturated carbocycles. The smallest absolute Gasteiger partial charge is 0.0539 e. The number of halogens is 1. The molecule has 0 unspecified atom stereocenters. The molecule has 2 aromatic rings. The Bertz CT molecular complexity index is 565. The van der Waals surface area contributed by atoms with Gasteiger partial charge < -0.3 is 10.2 Å². The van der Waals surface area contributed by atoms with Crippen LogP contribution in [0, 0.1) is 0 Å². The molecule has 0 aliphatic carbocycles. The van der Waals surface area contributed by atoms with Gasteiger partial charge in [-0.1, -0.05) is 28.9 Å². The fourth-order valence-electron chi connectivity index (χ4n) is 2.10. The Balaban J connectivity index is 2.06. The van der Waals surface area contributed by atoms with Crippen LogP contribution in [0.25, 0.3) is 0 Å². The number of aryl methyl sites for hydroxylation is 1. The van der Waals surface area contributed by atoms with Gasteiger partial charge in [-0.3, -0.25) is 4.68 Å². The molecule has 1 aromatic carbocycles. The Labute approximate surface area is 128 Å². The van der Waals surface area contributed by atoms with Crippen molar-refractivity contribution in [3.8, 4) is 0 Å². The van der Waals surface area contributed by atoms with Crippen LogP contribution in [0.5, 0.6) is 0 Å². The molecule has 20 heavy (non-hydrogen) atoms. The van der Waals surface area contributed by atoms with Gasteiger partial charge in [0, 0.05) is 49.1 Å². The first-order valence-corrected chi connectivity index (χ1v) is 7.57. The molecule has 0 bridgehead atoms. The van der Waals surface area contributed by atoms with Gasteiger partial charge in [0.1, 0.15) is 0 Å². The van der Waals surface area contributed by atoms with E-state index < -0.39 is 0 Å². The fraction of sp³-hybridized carbons (Fsp3) is 0.400. The van der Waals surface area contributed by atoms with Gasteiger partial charge in [0.15, 0.2) is 0 Å². The lowest BCUT2D eigenvalue weighted by molar-refractivity contribution is 0.724. The molecule has 0 saturated heterocycles. The highest BCUT2D eigenvalue weighted by Gasteiger charge is 2.07. The third-order valence-corrected chi connectivity index (χ3v) is 3.96. The van der Waals surface area contributed by atoms with Gasteiger partial charge in [-0.05, 0) is 24.2 Å². The van der Waals surface area contributed by atoms with Gasteiger partial charge in [0.05, 0.1) is 6.20 Å². The van der Waals surface area contributed by atoms with Crippen molar-refractivity contribution < 1.29 is 0 Å². The minimum Gasteiger partial charge on any atom is -0.370 e. The Kier molecular flexibility index (Phi) is 5.20. The van der Waals surface area contributed by atoms with E-state index in [1.54, 1.807) is 0 Å². The maximum Gasteiger partial charge on any atom is 0.0539 e. The number of hydrogen-bond acceptors (Lipinski definition) is 3. The highest BCUT2D eigenvalue weighted by atomic mass is 79.9. The summed E-state index contributed by atoms with van der Waals surface area (Å²) < 4.78 is 2.98. The number of benzene rings is 1. The summed E-state index contributed by atoms with van der Waals surface area (Å²) in [5.41, 5.74) is 3.69. The molecule has 2 rings (SSSR count). The molecule has 4 nitrogen and oxygen atoms in total. The molecule has 0 radical (unpaired) electrons. The third kappa shape index (κ3) is 3.84. The number of anilines is 1. The summed E-state index contributed by atoms with van der Waals surface area (Å²) in [5.74, 6) is 0. The predicted octanol–water partition coefficient (Wildman–Crippen LogP) is 2.93. The zero-order valence-corrected chi connectivity index (χ0v) is 13.8. The molecular weight excluding hydrogens is 316 g/mol. The third-order valence-electron chi connectivity index (χ3n) is 3.22. The van der Waals surface area contributed by atoms with Crippen molar-refractivity contribution in [3.05, 3.63) is 46.2 Å². The Morgan fingerprint density at radius 1 is 1.40 bits per heavy atom. The standard InChI is InChI=1S/C15H21BrN4/c1-4-17-9-13-5-6-14(7-15(13)16)19(2)10-12-8-18-20(3)11-12/h5-8,11,17H,4,9-10H2,1-3H3. The highest BCUT2D eigenvalue weighted by molar-refractivity contribution is 9.10.